The molecule has 2 aromatic carbocycles. The molecule has 1 aliphatic heterocycles. The second kappa shape index (κ2) is 9.31. The first-order chi connectivity index (χ1) is 14.6. The van der Waals surface area contributed by atoms with Gasteiger partial charge in [-0.3, -0.25) is 0 Å². The van der Waals surface area contributed by atoms with Gasteiger partial charge in [0.05, 0.1) is 17.6 Å². The first kappa shape index (κ1) is 23.1. The van der Waals surface area contributed by atoms with Crippen LogP contribution < -0.4 is 0 Å². The van der Waals surface area contributed by atoms with Crippen LogP contribution in [0.1, 0.15) is 21.5 Å². The Bertz CT molecular complexity index is 1180. The normalized spacial score (nSPS) is 16.5. The van der Waals surface area contributed by atoms with Crippen molar-refractivity contribution in [3.05, 3.63) is 70.6 Å². The predicted molar refractivity (Wildman–Crippen MR) is 117 cm³/mol. The second-order valence-corrected chi connectivity index (χ2v) is 10.8. The summed E-state index contributed by atoms with van der Waals surface area (Å²) in [6.45, 7) is 1.80. The van der Waals surface area contributed by atoms with Gasteiger partial charge in [-0.1, -0.05) is 30.3 Å². The number of aryl methyl sites for hydroxylation is 1. The SMILES string of the molecule is COC(=O)c1ccc(S(=O)(=O)N2CCN(S(=O)(=O)/C=C/c3ccccc3)CC2)c(C)c1. The lowest BCUT2D eigenvalue weighted by atomic mass is 10.1. The molecule has 1 aliphatic rings. The summed E-state index contributed by atoms with van der Waals surface area (Å²) >= 11 is 0. The largest absolute Gasteiger partial charge is 0.465 e. The average Bonchev–Trinajstić information content (AvgIpc) is 2.77. The number of sulfonamides is 2. The fourth-order valence-electron chi connectivity index (χ4n) is 3.30. The molecular weight excluding hydrogens is 440 g/mol. The van der Waals surface area contributed by atoms with Crippen LogP contribution in [0.15, 0.2) is 58.8 Å². The van der Waals surface area contributed by atoms with E-state index in [1.807, 2.05) is 18.2 Å². The molecule has 1 saturated heterocycles. The summed E-state index contributed by atoms with van der Waals surface area (Å²) in [5.41, 5.74) is 1.45. The summed E-state index contributed by atoms with van der Waals surface area (Å²) in [5.74, 6) is -0.547. The number of nitrogens with zero attached hydrogens (tertiary/aromatic N) is 2. The Morgan fingerprint density at radius 2 is 1.55 bits per heavy atom. The molecule has 10 heteroatoms. The molecule has 166 valence electrons. The van der Waals surface area contributed by atoms with E-state index in [1.165, 1.54) is 40.0 Å². The number of esters is 1. The summed E-state index contributed by atoms with van der Waals surface area (Å²) in [6.07, 6.45) is 1.52. The van der Waals surface area contributed by atoms with E-state index < -0.39 is 26.0 Å². The lowest BCUT2D eigenvalue weighted by Crippen LogP contribution is -2.50. The number of methoxy groups -OCH3 is 1. The molecule has 0 spiro atoms. The zero-order valence-electron chi connectivity index (χ0n) is 17.3. The van der Waals surface area contributed by atoms with E-state index in [-0.39, 0.29) is 36.6 Å². The molecule has 0 atom stereocenters. The minimum absolute atomic E-state index is 0.0406. The zero-order valence-corrected chi connectivity index (χ0v) is 18.9. The lowest BCUT2D eigenvalue weighted by Gasteiger charge is -2.32. The van der Waals surface area contributed by atoms with Crippen LogP contribution >= 0.6 is 0 Å². The van der Waals surface area contributed by atoms with E-state index in [9.17, 15) is 21.6 Å². The van der Waals surface area contributed by atoms with Crippen molar-refractivity contribution in [3.63, 3.8) is 0 Å². The van der Waals surface area contributed by atoms with Gasteiger partial charge in [-0.25, -0.2) is 21.6 Å². The second-order valence-electron chi connectivity index (χ2n) is 7.03. The Labute approximate surface area is 182 Å². The molecule has 1 heterocycles. The summed E-state index contributed by atoms with van der Waals surface area (Å²) in [5, 5.41) is 1.14. The number of piperazine rings is 1. The van der Waals surface area contributed by atoms with Crippen molar-refractivity contribution in [2.75, 3.05) is 33.3 Å². The van der Waals surface area contributed by atoms with Crippen LogP contribution in [-0.4, -0.2) is 64.7 Å². The van der Waals surface area contributed by atoms with Gasteiger partial charge >= 0.3 is 5.97 Å². The van der Waals surface area contributed by atoms with E-state index >= 15 is 0 Å². The van der Waals surface area contributed by atoms with Gasteiger partial charge in [-0.05, 0) is 42.3 Å². The minimum Gasteiger partial charge on any atom is -0.465 e. The number of hydrogen-bond acceptors (Lipinski definition) is 6. The summed E-state index contributed by atoms with van der Waals surface area (Å²) in [7, 11) is -6.23. The number of hydrogen-bond donors (Lipinski definition) is 0. The summed E-state index contributed by atoms with van der Waals surface area (Å²) in [4.78, 5) is 11.7. The fraction of sp³-hybridized carbons (Fsp3) is 0.286. The van der Waals surface area contributed by atoms with Gasteiger partial charge in [-0.15, -0.1) is 0 Å². The molecule has 0 aromatic heterocycles. The van der Waals surface area contributed by atoms with Crippen LogP contribution in [0, 0.1) is 6.92 Å². The first-order valence-corrected chi connectivity index (χ1v) is 12.5. The van der Waals surface area contributed by atoms with E-state index in [2.05, 4.69) is 4.74 Å². The van der Waals surface area contributed by atoms with Crippen molar-refractivity contribution in [1.82, 2.24) is 8.61 Å². The summed E-state index contributed by atoms with van der Waals surface area (Å²) < 4.78 is 58.5. The molecule has 0 bridgehead atoms. The molecule has 0 radical (unpaired) electrons. The Morgan fingerprint density at radius 3 is 2.13 bits per heavy atom. The molecule has 2 aromatic rings. The molecule has 0 saturated carbocycles. The standard InChI is InChI=1S/C21H24N2O6S2/c1-17-16-19(21(24)29-2)8-9-20(17)31(27,28)23-13-11-22(12-14-23)30(25,26)15-10-18-6-4-3-5-7-18/h3-10,15-16H,11-14H2,1-2H3/b15-10+. The van der Waals surface area contributed by atoms with E-state index in [1.54, 1.807) is 19.1 Å². The van der Waals surface area contributed by atoms with Crippen LogP contribution in [0.2, 0.25) is 0 Å². The molecule has 0 amide bonds. The highest BCUT2D eigenvalue weighted by Gasteiger charge is 2.33. The quantitative estimate of drug-likeness (QED) is 0.607. The highest BCUT2D eigenvalue weighted by atomic mass is 32.2. The number of benzene rings is 2. The van der Waals surface area contributed by atoms with Crippen molar-refractivity contribution < 1.29 is 26.4 Å². The van der Waals surface area contributed by atoms with Gasteiger partial charge in [0.2, 0.25) is 20.0 Å². The Kier molecular flexibility index (Phi) is 6.95. The Hall–Kier alpha value is -2.53. The van der Waals surface area contributed by atoms with Gasteiger partial charge in [0, 0.05) is 31.6 Å². The Balaban J connectivity index is 1.71. The van der Waals surface area contributed by atoms with Crippen molar-refractivity contribution >= 4 is 32.1 Å². The third-order valence-electron chi connectivity index (χ3n) is 5.00. The number of carbonyl (C=O) groups excluding carboxylic acids is 1. The van der Waals surface area contributed by atoms with Crippen molar-refractivity contribution in [1.29, 1.82) is 0 Å². The molecule has 8 nitrogen and oxygen atoms in total. The molecular formula is C21H24N2O6S2. The predicted octanol–water partition coefficient (Wildman–Crippen LogP) is 2.09. The third kappa shape index (κ3) is 5.21. The number of carbonyl (C=O) groups is 1. The third-order valence-corrected chi connectivity index (χ3v) is 8.63. The van der Waals surface area contributed by atoms with Crippen LogP contribution in [0.5, 0.6) is 0 Å². The van der Waals surface area contributed by atoms with Gasteiger partial charge in [0.15, 0.2) is 0 Å². The van der Waals surface area contributed by atoms with Gasteiger partial charge in [0.1, 0.15) is 0 Å². The Morgan fingerprint density at radius 1 is 0.935 bits per heavy atom. The van der Waals surface area contributed by atoms with Crippen molar-refractivity contribution in [2.24, 2.45) is 0 Å². The van der Waals surface area contributed by atoms with Gasteiger partial charge in [-0.2, -0.15) is 8.61 Å². The topological polar surface area (TPSA) is 101 Å². The highest BCUT2D eigenvalue weighted by molar-refractivity contribution is 7.92. The number of ether oxygens (including phenoxy) is 1. The maximum absolute atomic E-state index is 13.1. The van der Waals surface area contributed by atoms with Crippen LogP contribution in [0.25, 0.3) is 6.08 Å². The maximum atomic E-state index is 13.1. The monoisotopic (exact) mass is 464 g/mol. The van der Waals surface area contributed by atoms with Crippen molar-refractivity contribution in [2.45, 2.75) is 11.8 Å². The molecule has 0 N–H and O–H groups in total. The molecule has 0 aliphatic carbocycles. The van der Waals surface area contributed by atoms with Crippen LogP contribution in [0.3, 0.4) is 0 Å². The van der Waals surface area contributed by atoms with E-state index in [0.29, 0.717) is 5.56 Å². The first-order valence-electron chi connectivity index (χ1n) is 9.57. The van der Waals surface area contributed by atoms with Crippen LogP contribution in [-0.2, 0) is 24.8 Å². The molecule has 1 fully saturated rings. The number of rotatable bonds is 6. The minimum atomic E-state index is -3.82. The maximum Gasteiger partial charge on any atom is 0.337 e. The summed E-state index contributed by atoms with van der Waals surface area (Å²) in [6, 6.07) is 13.3. The van der Waals surface area contributed by atoms with Crippen molar-refractivity contribution in [3.8, 4) is 0 Å². The average molecular weight is 465 g/mol. The molecule has 31 heavy (non-hydrogen) atoms. The smallest absolute Gasteiger partial charge is 0.337 e. The fourth-order valence-corrected chi connectivity index (χ4v) is 6.10. The van der Waals surface area contributed by atoms with Gasteiger partial charge in [0.25, 0.3) is 0 Å². The lowest BCUT2D eigenvalue weighted by molar-refractivity contribution is 0.0600. The molecule has 0 unspecified atom stereocenters. The van der Waals surface area contributed by atoms with E-state index in [0.717, 1.165) is 11.0 Å². The molecule has 3 rings (SSSR count). The van der Waals surface area contributed by atoms with Crippen LogP contribution in [0.4, 0.5) is 0 Å². The van der Waals surface area contributed by atoms with E-state index in [4.69, 9.17) is 0 Å². The van der Waals surface area contributed by atoms with Gasteiger partial charge < -0.3 is 4.74 Å². The zero-order chi connectivity index (χ0) is 22.6. The highest BCUT2D eigenvalue weighted by Crippen LogP contribution is 2.23.